The van der Waals surface area contributed by atoms with Crippen LogP contribution in [0.15, 0.2) is 52.4 Å². The molecule has 0 saturated heterocycles. The highest BCUT2D eigenvalue weighted by molar-refractivity contribution is 7.99. The second-order valence-electron chi connectivity index (χ2n) is 6.19. The van der Waals surface area contributed by atoms with Crippen LogP contribution in [-0.2, 0) is 9.59 Å². The molecule has 1 aromatic heterocycles. The van der Waals surface area contributed by atoms with E-state index in [1.54, 1.807) is 49.4 Å². The zero-order valence-electron chi connectivity index (χ0n) is 16.2. The molecule has 11 heteroatoms. The molecule has 0 aliphatic rings. The van der Waals surface area contributed by atoms with Crippen LogP contribution in [0.2, 0.25) is 10.0 Å². The standard InChI is InChI=1S/C20H17Cl2N5O3S/c1-2-15(28)23-13-8-4-3-6-11(13)18-19(30)25-20(27-26-18)31-10-16(29)24-14-9-5-7-12(21)17(14)22/h3-9H,2,10H2,1H3,(H,23,28)(H,24,29)(H,25,27,30). The number of H-pyrrole nitrogens is 1. The summed E-state index contributed by atoms with van der Waals surface area (Å²) in [5, 5.41) is 14.1. The highest BCUT2D eigenvalue weighted by atomic mass is 35.5. The number of rotatable bonds is 7. The van der Waals surface area contributed by atoms with Crippen LogP contribution in [-0.4, -0.2) is 32.7 Å². The van der Waals surface area contributed by atoms with E-state index >= 15 is 0 Å². The van der Waals surface area contributed by atoms with Crippen LogP contribution in [0.25, 0.3) is 11.3 Å². The molecular weight excluding hydrogens is 461 g/mol. The van der Waals surface area contributed by atoms with Crippen molar-refractivity contribution in [2.75, 3.05) is 16.4 Å². The molecule has 0 atom stereocenters. The van der Waals surface area contributed by atoms with Gasteiger partial charge in [0.25, 0.3) is 5.56 Å². The quantitative estimate of drug-likeness (QED) is 0.438. The highest BCUT2D eigenvalue weighted by Crippen LogP contribution is 2.29. The topological polar surface area (TPSA) is 117 Å². The van der Waals surface area contributed by atoms with Crippen LogP contribution in [0, 0.1) is 0 Å². The molecule has 3 aromatic rings. The molecule has 0 unspecified atom stereocenters. The Kier molecular flexibility index (Phi) is 7.67. The fourth-order valence-electron chi connectivity index (χ4n) is 2.52. The molecule has 0 bridgehead atoms. The van der Waals surface area contributed by atoms with Crippen molar-refractivity contribution in [2.24, 2.45) is 0 Å². The molecule has 0 aliphatic heterocycles. The first kappa shape index (κ1) is 22.8. The van der Waals surface area contributed by atoms with Crippen molar-refractivity contribution in [2.45, 2.75) is 18.5 Å². The van der Waals surface area contributed by atoms with Crippen molar-refractivity contribution in [3.8, 4) is 11.3 Å². The first-order valence-electron chi connectivity index (χ1n) is 9.12. The Hall–Kier alpha value is -2.88. The Labute approximate surface area is 191 Å². The minimum absolute atomic E-state index is 0.0318. The molecule has 3 N–H and O–H groups in total. The van der Waals surface area contributed by atoms with E-state index < -0.39 is 5.56 Å². The fraction of sp³-hybridized carbons (Fsp3) is 0.150. The second kappa shape index (κ2) is 10.4. The zero-order chi connectivity index (χ0) is 22.4. The van der Waals surface area contributed by atoms with Gasteiger partial charge in [0.15, 0.2) is 10.9 Å². The van der Waals surface area contributed by atoms with Crippen LogP contribution in [0.1, 0.15) is 13.3 Å². The number of nitrogens with one attached hydrogen (secondary N) is 3. The Morgan fingerprint density at radius 1 is 1.00 bits per heavy atom. The van der Waals surface area contributed by atoms with E-state index in [0.29, 0.717) is 28.4 Å². The lowest BCUT2D eigenvalue weighted by molar-refractivity contribution is -0.116. The predicted octanol–water partition coefficient (Wildman–Crippen LogP) is 4.22. The summed E-state index contributed by atoms with van der Waals surface area (Å²) in [5.41, 5.74) is 0.871. The van der Waals surface area contributed by atoms with Crippen molar-refractivity contribution in [3.63, 3.8) is 0 Å². The SMILES string of the molecule is CCC(=O)Nc1ccccc1-c1nnc(SCC(=O)Nc2cccc(Cl)c2Cl)[nH]c1=O. The normalized spacial score (nSPS) is 10.5. The maximum Gasteiger partial charge on any atom is 0.278 e. The second-order valence-corrected chi connectivity index (χ2v) is 7.94. The summed E-state index contributed by atoms with van der Waals surface area (Å²) in [5.74, 6) is -0.570. The summed E-state index contributed by atoms with van der Waals surface area (Å²) >= 11 is 13.0. The van der Waals surface area contributed by atoms with Gasteiger partial charge in [-0.25, -0.2) is 0 Å². The third-order valence-corrected chi connectivity index (χ3v) is 5.70. The average molecular weight is 478 g/mol. The van der Waals surface area contributed by atoms with E-state index in [2.05, 4.69) is 25.8 Å². The number of hydrogen-bond donors (Lipinski definition) is 3. The maximum absolute atomic E-state index is 12.5. The number of anilines is 2. The van der Waals surface area contributed by atoms with Crippen LogP contribution in [0.5, 0.6) is 0 Å². The van der Waals surface area contributed by atoms with Crippen molar-refractivity contribution in [3.05, 3.63) is 62.9 Å². The first-order valence-corrected chi connectivity index (χ1v) is 10.9. The smallest absolute Gasteiger partial charge is 0.278 e. The molecule has 31 heavy (non-hydrogen) atoms. The molecule has 0 radical (unpaired) electrons. The van der Waals surface area contributed by atoms with Gasteiger partial charge in [0, 0.05) is 12.0 Å². The van der Waals surface area contributed by atoms with Crippen LogP contribution >= 0.6 is 35.0 Å². The number of thioether (sulfide) groups is 1. The molecule has 160 valence electrons. The van der Waals surface area contributed by atoms with E-state index in [1.165, 1.54) is 0 Å². The number of benzene rings is 2. The van der Waals surface area contributed by atoms with Gasteiger partial charge in [0.05, 0.1) is 27.2 Å². The number of carbonyl (C=O) groups excluding carboxylic acids is 2. The van der Waals surface area contributed by atoms with Gasteiger partial charge in [-0.05, 0) is 18.2 Å². The minimum atomic E-state index is -0.492. The lowest BCUT2D eigenvalue weighted by Gasteiger charge is -2.09. The summed E-state index contributed by atoms with van der Waals surface area (Å²) in [6, 6.07) is 11.7. The number of halogens is 2. The van der Waals surface area contributed by atoms with Gasteiger partial charge in [0.1, 0.15) is 0 Å². The molecule has 0 aliphatic carbocycles. The molecule has 2 amide bonds. The predicted molar refractivity (Wildman–Crippen MR) is 123 cm³/mol. The van der Waals surface area contributed by atoms with Crippen LogP contribution in [0.4, 0.5) is 11.4 Å². The lowest BCUT2D eigenvalue weighted by atomic mass is 10.1. The van der Waals surface area contributed by atoms with Gasteiger partial charge in [-0.15, -0.1) is 10.2 Å². The molecule has 0 fully saturated rings. The molecule has 3 rings (SSSR count). The third kappa shape index (κ3) is 5.84. The number of hydrogen-bond acceptors (Lipinski definition) is 6. The van der Waals surface area contributed by atoms with Crippen LogP contribution in [0.3, 0.4) is 0 Å². The number of carbonyl (C=O) groups is 2. The molecule has 0 spiro atoms. The van der Waals surface area contributed by atoms with Gasteiger partial charge in [-0.3, -0.25) is 19.4 Å². The fourth-order valence-corrected chi connectivity index (χ4v) is 3.47. The zero-order valence-corrected chi connectivity index (χ0v) is 18.6. The summed E-state index contributed by atoms with van der Waals surface area (Å²) in [6.07, 6.45) is 0.300. The Bertz CT molecular complexity index is 1190. The van der Waals surface area contributed by atoms with Crippen molar-refractivity contribution < 1.29 is 9.59 Å². The Morgan fingerprint density at radius 3 is 2.45 bits per heavy atom. The van der Waals surface area contributed by atoms with Gasteiger partial charge < -0.3 is 10.6 Å². The minimum Gasteiger partial charge on any atom is -0.325 e. The van der Waals surface area contributed by atoms with Gasteiger partial charge in [0.2, 0.25) is 11.8 Å². The van der Waals surface area contributed by atoms with Gasteiger partial charge in [-0.1, -0.05) is 66.2 Å². The Morgan fingerprint density at radius 2 is 1.71 bits per heavy atom. The monoisotopic (exact) mass is 477 g/mol. The van der Waals surface area contributed by atoms with Crippen molar-refractivity contribution in [1.82, 2.24) is 15.2 Å². The molecular formula is C20H17Cl2N5O3S. The Balaban J connectivity index is 1.71. The molecule has 0 saturated carbocycles. The van der Waals surface area contributed by atoms with Crippen molar-refractivity contribution >= 4 is 58.2 Å². The third-order valence-electron chi connectivity index (χ3n) is 4.02. The summed E-state index contributed by atoms with van der Waals surface area (Å²) in [7, 11) is 0. The molecule has 2 aromatic carbocycles. The summed E-state index contributed by atoms with van der Waals surface area (Å²) in [4.78, 5) is 39.1. The van der Waals surface area contributed by atoms with E-state index in [4.69, 9.17) is 23.2 Å². The number of para-hydroxylation sites is 1. The number of aromatic amines is 1. The average Bonchev–Trinajstić information content (AvgIpc) is 2.76. The maximum atomic E-state index is 12.5. The number of amides is 2. The van der Waals surface area contributed by atoms with Gasteiger partial charge >= 0.3 is 0 Å². The molecule has 8 nitrogen and oxygen atoms in total. The first-order chi connectivity index (χ1) is 14.9. The van der Waals surface area contributed by atoms with Crippen molar-refractivity contribution in [1.29, 1.82) is 0 Å². The van der Waals surface area contributed by atoms with Crippen LogP contribution < -0.4 is 16.2 Å². The van der Waals surface area contributed by atoms with E-state index in [1.807, 2.05) is 0 Å². The van der Waals surface area contributed by atoms with E-state index in [9.17, 15) is 14.4 Å². The van der Waals surface area contributed by atoms with E-state index in [0.717, 1.165) is 11.8 Å². The molecule has 1 heterocycles. The highest BCUT2D eigenvalue weighted by Gasteiger charge is 2.14. The van der Waals surface area contributed by atoms with Gasteiger partial charge in [-0.2, -0.15) is 0 Å². The summed E-state index contributed by atoms with van der Waals surface area (Å²) < 4.78 is 0. The number of aromatic nitrogens is 3. The van der Waals surface area contributed by atoms with E-state index in [-0.39, 0.29) is 33.4 Å². The summed E-state index contributed by atoms with van der Waals surface area (Å²) in [6.45, 7) is 1.73. The lowest BCUT2D eigenvalue weighted by Crippen LogP contribution is -2.18. The number of nitrogens with zero attached hydrogens (tertiary/aromatic N) is 2. The largest absolute Gasteiger partial charge is 0.325 e.